The summed E-state index contributed by atoms with van der Waals surface area (Å²) in [4.78, 5) is 16.1. The summed E-state index contributed by atoms with van der Waals surface area (Å²) in [6, 6.07) is 2.07. The van der Waals surface area contributed by atoms with E-state index in [1.807, 2.05) is 0 Å². The van der Waals surface area contributed by atoms with Gasteiger partial charge in [-0.2, -0.15) is 0 Å². The van der Waals surface area contributed by atoms with Crippen molar-refractivity contribution in [2.45, 2.75) is 44.4 Å². The Balaban J connectivity index is 1.97. The second-order valence-electron chi connectivity index (χ2n) is 5.09. The maximum absolute atomic E-state index is 11.6. The first-order chi connectivity index (χ1) is 8.75. The third-order valence-corrected chi connectivity index (χ3v) is 4.18. The summed E-state index contributed by atoms with van der Waals surface area (Å²) in [5, 5.41) is 0.317. The fourth-order valence-corrected chi connectivity index (χ4v) is 3.23. The molecule has 0 radical (unpaired) electrons. The molecule has 18 heavy (non-hydrogen) atoms. The number of esters is 1. The minimum Gasteiger partial charge on any atom is -0.462 e. The number of cyclic esters (lactones) is 1. The fourth-order valence-electron chi connectivity index (χ4n) is 2.93. The van der Waals surface area contributed by atoms with Gasteiger partial charge < -0.3 is 4.74 Å². The van der Waals surface area contributed by atoms with Gasteiger partial charge in [-0.3, -0.25) is 0 Å². The van der Waals surface area contributed by atoms with Gasteiger partial charge in [-0.05, 0) is 24.5 Å². The van der Waals surface area contributed by atoms with Gasteiger partial charge in [0, 0.05) is 18.0 Å². The molecule has 0 amide bonds. The molecule has 3 rings (SSSR count). The van der Waals surface area contributed by atoms with E-state index >= 15 is 0 Å². The molecule has 3 nitrogen and oxygen atoms in total. The number of carbonyl (C=O) groups excluding carboxylic acids is 1. The Labute approximate surface area is 112 Å². The highest BCUT2D eigenvalue weighted by Gasteiger charge is 2.26. The predicted octanol–water partition coefficient (Wildman–Crippen LogP) is 3.50. The van der Waals surface area contributed by atoms with E-state index < -0.39 is 0 Å². The number of pyridine rings is 1. The molecule has 0 N–H and O–H groups in total. The van der Waals surface area contributed by atoms with E-state index in [1.54, 1.807) is 0 Å². The SMILES string of the molecule is O=C1OCCc2cc(C3CCCCC3)nc(Cl)c21. The van der Waals surface area contributed by atoms with Crippen molar-refractivity contribution in [3.63, 3.8) is 0 Å². The average Bonchev–Trinajstić information content (AvgIpc) is 2.39. The summed E-state index contributed by atoms with van der Waals surface area (Å²) in [5.74, 6) is 0.184. The summed E-state index contributed by atoms with van der Waals surface area (Å²) in [6.07, 6.45) is 6.98. The van der Waals surface area contributed by atoms with Crippen LogP contribution in [0.3, 0.4) is 0 Å². The van der Waals surface area contributed by atoms with Gasteiger partial charge in [-0.15, -0.1) is 0 Å². The van der Waals surface area contributed by atoms with Crippen LogP contribution in [0, 0.1) is 0 Å². The second kappa shape index (κ2) is 4.88. The van der Waals surface area contributed by atoms with Gasteiger partial charge in [-0.25, -0.2) is 9.78 Å². The molecule has 2 heterocycles. The average molecular weight is 266 g/mol. The van der Waals surface area contributed by atoms with Crippen molar-refractivity contribution < 1.29 is 9.53 Å². The minimum atomic E-state index is -0.330. The topological polar surface area (TPSA) is 39.2 Å². The molecule has 1 aliphatic heterocycles. The Hall–Kier alpha value is -1.09. The van der Waals surface area contributed by atoms with Gasteiger partial charge in [-0.1, -0.05) is 30.9 Å². The normalized spacial score (nSPS) is 20.4. The number of nitrogens with zero attached hydrogens (tertiary/aromatic N) is 1. The molecule has 1 saturated carbocycles. The summed E-state index contributed by atoms with van der Waals surface area (Å²) in [6.45, 7) is 0.455. The second-order valence-corrected chi connectivity index (χ2v) is 5.45. The van der Waals surface area contributed by atoms with Gasteiger partial charge >= 0.3 is 5.97 Å². The third-order valence-electron chi connectivity index (χ3n) is 3.91. The highest BCUT2D eigenvalue weighted by Crippen LogP contribution is 2.34. The van der Waals surface area contributed by atoms with Crippen LogP contribution in [0.4, 0.5) is 0 Å². The Morgan fingerprint density at radius 3 is 2.83 bits per heavy atom. The van der Waals surface area contributed by atoms with Crippen LogP contribution < -0.4 is 0 Å². The van der Waals surface area contributed by atoms with E-state index in [-0.39, 0.29) is 5.97 Å². The molecule has 0 bridgehead atoms. The van der Waals surface area contributed by atoms with Gasteiger partial charge in [0.2, 0.25) is 0 Å². The molecule has 0 unspecified atom stereocenters. The lowest BCUT2D eigenvalue weighted by atomic mass is 9.85. The van der Waals surface area contributed by atoms with Gasteiger partial charge in [0.05, 0.1) is 6.61 Å². The van der Waals surface area contributed by atoms with Crippen LogP contribution in [0.1, 0.15) is 59.6 Å². The lowest BCUT2D eigenvalue weighted by Crippen LogP contribution is -2.20. The molecule has 96 valence electrons. The summed E-state index contributed by atoms with van der Waals surface area (Å²) >= 11 is 6.15. The molecule has 2 aliphatic rings. The van der Waals surface area contributed by atoms with Crippen LogP contribution in [0.15, 0.2) is 6.07 Å². The molecular formula is C14H16ClNO2. The molecule has 1 fully saturated rings. The van der Waals surface area contributed by atoms with Crippen LogP contribution in [-0.2, 0) is 11.2 Å². The molecule has 4 heteroatoms. The zero-order valence-corrected chi connectivity index (χ0v) is 11.0. The van der Waals surface area contributed by atoms with Crippen molar-refractivity contribution >= 4 is 17.6 Å². The summed E-state index contributed by atoms with van der Waals surface area (Å²) in [5.41, 5.74) is 2.54. The van der Waals surface area contributed by atoms with Crippen molar-refractivity contribution in [1.29, 1.82) is 0 Å². The predicted molar refractivity (Wildman–Crippen MR) is 69.1 cm³/mol. The van der Waals surface area contributed by atoms with Crippen molar-refractivity contribution in [2.24, 2.45) is 0 Å². The van der Waals surface area contributed by atoms with Crippen LogP contribution in [-0.4, -0.2) is 17.6 Å². The molecule has 1 aromatic heterocycles. The minimum absolute atomic E-state index is 0.317. The number of fused-ring (bicyclic) bond motifs is 1. The number of carbonyl (C=O) groups is 1. The smallest absolute Gasteiger partial charge is 0.341 e. The van der Waals surface area contributed by atoms with Crippen LogP contribution >= 0.6 is 11.6 Å². The van der Waals surface area contributed by atoms with Gasteiger partial charge in [0.25, 0.3) is 0 Å². The number of ether oxygens (including phenoxy) is 1. The van der Waals surface area contributed by atoms with Crippen molar-refractivity contribution in [3.8, 4) is 0 Å². The number of aromatic nitrogens is 1. The highest BCUT2D eigenvalue weighted by atomic mass is 35.5. The van der Waals surface area contributed by atoms with Crippen molar-refractivity contribution in [3.05, 3.63) is 28.0 Å². The largest absolute Gasteiger partial charge is 0.462 e. The number of hydrogen-bond donors (Lipinski definition) is 0. The van der Waals surface area contributed by atoms with Gasteiger partial charge in [0.1, 0.15) is 10.7 Å². The number of halogens is 1. The van der Waals surface area contributed by atoms with E-state index in [0.29, 0.717) is 23.2 Å². The van der Waals surface area contributed by atoms with Crippen molar-refractivity contribution in [1.82, 2.24) is 4.98 Å². The summed E-state index contributed by atoms with van der Waals surface area (Å²) < 4.78 is 5.01. The first-order valence-electron chi connectivity index (χ1n) is 6.62. The Bertz CT molecular complexity index is 481. The Morgan fingerprint density at radius 1 is 1.28 bits per heavy atom. The monoisotopic (exact) mass is 265 g/mol. The Morgan fingerprint density at radius 2 is 2.06 bits per heavy atom. The van der Waals surface area contributed by atoms with E-state index in [0.717, 1.165) is 17.7 Å². The van der Waals surface area contributed by atoms with Crippen LogP contribution in [0.5, 0.6) is 0 Å². The van der Waals surface area contributed by atoms with Crippen molar-refractivity contribution in [2.75, 3.05) is 6.61 Å². The molecular weight excluding hydrogens is 250 g/mol. The first kappa shape index (κ1) is 12.0. The lowest BCUT2D eigenvalue weighted by Gasteiger charge is -2.23. The van der Waals surface area contributed by atoms with E-state index in [1.165, 1.54) is 32.1 Å². The van der Waals surface area contributed by atoms with E-state index in [2.05, 4.69) is 11.1 Å². The standard InChI is InChI=1S/C14H16ClNO2/c15-13-12-10(6-7-18-14(12)17)8-11(16-13)9-4-2-1-3-5-9/h8-9H,1-7H2. The molecule has 0 atom stereocenters. The first-order valence-corrected chi connectivity index (χ1v) is 7.00. The summed E-state index contributed by atoms with van der Waals surface area (Å²) in [7, 11) is 0. The molecule has 0 aromatic carbocycles. The maximum Gasteiger partial charge on any atom is 0.341 e. The van der Waals surface area contributed by atoms with E-state index in [9.17, 15) is 4.79 Å². The quantitative estimate of drug-likeness (QED) is 0.576. The zero-order chi connectivity index (χ0) is 12.5. The van der Waals surface area contributed by atoms with Crippen LogP contribution in [0.2, 0.25) is 5.15 Å². The fraction of sp³-hybridized carbons (Fsp3) is 0.571. The molecule has 0 saturated heterocycles. The third kappa shape index (κ3) is 2.12. The van der Waals surface area contributed by atoms with E-state index in [4.69, 9.17) is 16.3 Å². The Kier molecular flexibility index (Phi) is 3.25. The zero-order valence-electron chi connectivity index (χ0n) is 10.2. The highest BCUT2D eigenvalue weighted by molar-refractivity contribution is 6.32. The molecule has 0 spiro atoms. The number of rotatable bonds is 1. The maximum atomic E-state index is 11.6. The molecule has 1 aliphatic carbocycles. The lowest BCUT2D eigenvalue weighted by molar-refractivity contribution is 0.0479. The molecule has 1 aromatic rings. The van der Waals surface area contributed by atoms with Crippen LogP contribution in [0.25, 0.3) is 0 Å². The van der Waals surface area contributed by atoms with Gasteiger partial charge in [0.15, 0.2) is 0 Å². The number of hydrogen-bond acceptors (Lipinski definition) is 3.